The highest BCUT2D eigenvalue weighted by Crippen LogP contribution is 2.30. The number of rotatable bonds is 8. The Balaban J connectivity index is 1.42. The van der Waals surface area contributed by atoms with E-state index in [0.717, 1.165) is 0 Å². The zero-order valence-electron chi connectivity index (χ0n) is 20.1. The molecule has 0 atom stereocenters. The van der Waals surface area contributed by atoms with Crippen LogP contribution in [0.1, 0.15) is 42.6 Å². The van der Waals surface area contributed by atoms with E-state index >= 15 is 0 Å². The minimum Gasteiger partial charge on any atom is -0.486 e. The number of nitro benzene ring substituents is 1. The molecule has 2 aromatic heterocycles. The first kappa shape index (κ1) is 24.5. The highest BCUT2D eigenvalue weighted by atomic mass is 16.6. The average Bonchev–Trinajstić information content (AvgIpc) is 3.32. The summed E-state index contributed by atoms with van der Waals surface area (Å²) < 4.78 is 17.0. The van der Waals surface area contributed by atoms with Gasteiger partial charge >= 0.3 is 0 Å². The van der Waals surface area contributed by atoms with Gasteiger partial charge in [0.15, 0.2) is 5.76 Å². The number of aromatic nitrogens is 1. The van der Waals surface area contributed by atoms with Gasteiger partial charge in [0.05, 0.1) is 22.9 Å². The van der Waals surface area contributed by atoms with Crippen molar-refractivity contribution in [2.45, 2.75) is 32.8 Å². The number of hydrogen-bond donors (Lipinski definition) is 1. The number of ether oxygens (including phenoxy) is 2. The summed E-state index contributed by atoms with van der Waals surface area (Å²) >= 11 is 0. The van der Waals surface area contributed by atoms with Gasteiger partial charge in [0.25, 0.3) is 11.6 Å². The molecule has 36 heavy (non-hydrogen) atoms. The molecule has 2 heterocycles. The van der Waals surface area contributed by atoms with Crippen LogP contribution < -0.4 is 14.8 Å². The number of non-ortho nitro benzene ring substituents is 1. The number of benzene rings is 2. The molecule has 4 rings (SSSR count). The molecule has 2 aromatic carbocycles. The van der Waals surface area contributed by atoms with Crippen LogP contribution in [0.2, 0.25) is 0 Å². The van der Waals surface area contributed by atoms with E-state index in [1.807, 2.05) is 24.3 Å². The van der Waals surface area contributed by atoms with Crippen molar-refractivity contribution in [1.82, 2.24) is 4.98 Å². The predicted octanol–water partition coefficient (Wildman–Crippen LogP) is 6.50. The Labute approximate surface area is 207 Å². The number of nitrogens with one attached hydrogen (secondary N) is 1. The lowest BCUT2D eigenvalue weighted by atomic mass is 9.87. The van der Waals surface area contributed by atoms with Crippen molar-refractivity contribution in [2.24, 2.45) is 0 Å². The summed E-state index contributed by atoms with van der Waals surface area (Å²) in [5, 5.41) is 14.0. The second-order valence-corrected chi connectivity index (χ2v) is 9.05. The van der Waals surface area contributed by atoms with Crippen LogP contribution in [0.3, 0.4) is 0 Å². The normalized spacial score (nSPS) is 11.1. The number of furan rings is 1. The van der Waals surface area contributed by atoms with Gasteiger partial charge in [-0.25, -0.2) is 0 Å². The van der Waals surface area contributed by atoms with Gasteiger partial charge in [-0.2, -0.15) is 0 Å². The van der Waals surface area contributed by atoms with Gasteiger partial charge in [0, 0.05) is 18.3 Å². The van der Waals surface area contributed by atoms with Crippen LogP contribution in [-0.4, -0.2) is 15.8 Å². The third-order valence-electron chi connectivity index (χ3n) is 5.22. The van der Waals surface area contributed by atoms with E-state index < -0.39 is 10.8 Å². The van der Waals surface area contributed by atoms with Gasteiger partial charge in [0.1, 0.15) is 29.6 Å². The summed E-state index contributed by atoms with van der Waals surface area (Å²) in [7, 11) is 0. The van der Waals surface area contributed by atoms with E-state index in [4.69, 9.17) is 13.9 Å². The monoisotopic (exact) mass is 487 g/mol. The molecule has 0 aliphatic carbocycles. The highest BCUT2D eigenvalue weighted by Gasteiger charge is 2.17. The highest BCUT2D eigenvalue weighted by molar-refractivity contribution is 6.02. The van der Waals surface area contributed by atoms with E-state index in [9.17, 15) is 14.9 Å². The van der Waals surface area contributed by atoms with Crippen molar-refractivity contribution in [2.75, 3.05) is 5.32 Å². The first-order chi connectivity index (χ1) is 17.2. The molecule has 0 unspecified atom stereocenters. The molecule has 0 aliphatic heterocycles. The molecule has 9 nitrogen and oxygen atoms in total. The van der Waals surface area contributed by atoms with Gasteiger partial charge < -0.3 is 19.2 Å². The lowest BCUT2D eigenvalue weighted by molar-refractivity contribution is -0.384. The SMILES string of the molecule is CC(C)(C)c1ccc(OCc2ccc(C(=O)Nc3cc(Oc4cccnc4)cc([N+](=O)[O-])c3)o2)cc1. The minimum absolute atomic E-state index is 0.0397. The molecular formula is C27H25N3O6. The molecule has 1 N–H and O–H groups in total. The molecule has 1 amide bonds. The van der Waals surface area contributed by atoms with Gasteiger partial charge in [0.2, 0.25) is 0 Å². The quantitative estimate of drug-likeness (QED) is 0.222. The van der Waals surface area contributed by atoms with Crippen LogP contribution in [0.15, 0.2) is 83.5 Å². The summed E-state index contributed by atoms with van der Waals surface area (Å²) in [5.41, 5.74) is 1.19. The third kappa shape index (κ3) is 6.26. The molecule has 9 heteroatoms. The molecular weight excluding hydrogens is 462 g/mol. The summed E-state index contributed by atoms with van der Waals surface area (Å²) in [5.74, 6) is 1.20. The predicted molar refractivity (Wildman–Crippen MR) is 134 cm³/mol. The second kappa shape index (κ2) is 10.3. The molecule has 0 aliphatic rings. The number of carbonyl (C=O) groups excluding carboxylic acids is 1. The van der Waals surface area contributed by atoms with E-state index in [2.05, 4.69) is 31.1 Å². The van der Waals surface area contributed by atoms with Crippen molar-refractivity contribution in [3.05, 3.63) is 106 Å². The molecule has 0 saturated carbocycles. The Morgan fingerprint density at radius 1 is 1.03 bits per heavy atom. The van der Waals surface area contributed by atoms with Crippen LogP contribution >= 0.6 is 0 Å². The molecule has 4 aromatic rings. The maximum Gasteiger partial charge on any atom is 0.291 e. The molecule has 0 bridgehead atoms. The molecule has 0 fully saturated rings. The van der Waals surface area contributed by atoms with Gasteiger partial charge in [-0.3, -0.25) is 19.9 Å². The summed E-state index contributed by atoms with van der Waals surface area (Å²) in [4.78, 5) is 27.5. The Kier molecular flexibility index (Phi) is 7.00. The fraction of sp³-hybridized carbons (Fsp3) is 0.185. The molecule has 0 saturated heterocycles. The maximum atomic E-state index is 12.7. The number of carbonyl (C=O) groups is 1. The summed E-state index contributed by atoms with van der Waals surface area (Å²) in [6.45, 7) is 6.56. The summed E-state index contributed by atoms with van der Waals surface area (Å²) in [6.07, 6.45) is 3.06. The second-order valence-electron chi connectivity index (χ2n) is 9.05. The fourth-order valence-corrected chi connectivity index (χ4v) is 3.34. The van der Waals surface area contributed by atoms with E-state index in [1.165, 1.54) is 36.0 Å². The van der Waals surface area contributed by atoms with Crippen LogP contribution in [0, 0.1) is 10.1 Å². The van der Waals surface area contributed by atoms with Crippen molar-refractivity contribution < 1.29 is 23.6 Å². The lowest BCUT2D eigenvalue weighted by Gasteiger charge is -2.19. The fourth-order valence-electron chi connectivity index (χ4n) is 3.34. The Morgan fingerprint density at radius 3 is 2.47 bits per heavy atom. The Hall–Kier alpha value is -4.66. The first-order valence-corrected chi connectivity index (χ1v) is 11.2. The van der Waals surface area contributed by atoms with Crippen LogP contribution in [0.4, 0.5) is 11.4 Å². The number of pyridine rings is 1. The van der Waals surface area contributed by atoms with Gasteiger partial charge in [-0.15, -0.1) is 0 Å². The number of nitrogens with zero attached hydrogens (tertiary/aromatic N) is 2. The zero-order chi connectivity index (χ0) is 25.7. The van der Waals surface area contributed by atoms with E-state index in [-0.39, 0.29) is 34.9 Å². The topological polar surface area (TPSA) is 117 Å². The smallest absolute Gasteiger partial charge is 0.291 e. The largest absolute Gasteiger partial charge is 0.486 e. The van der Waals surface area contributed by atoms with Crippen LogP contribution in [-0.2, 0) is 12.0 Å². The van der Waals surface area contributed by atoms with Crippen molar-refractivity contribution >= 4 is 17.3 Å². The van der Waals surface area contributed by atoms with Crippen molar-refractivity contribution in [1.29, 1.82) is 0 Å². The lowest BCUT2D eigenvalue weighted by Crippen LogP contribution is -2.11. The van der Waals surface area contributed by atoms with Crippen LogP contribution in [0.25, 0.3) is 0 Å². The summed E-state index contributed by atoms with van der Waals surface area (Å²) in [6, 6.07) is 18.3. The molecule has 184 valence electrons. The van der Waals surface area contributed by atoms with Crippen molar-refractivity contribution in [3.8, 4) is 17.2 Å². The number of nitro groups is 1. The molecule has 0 spiro atoms. The maximum absolute atomic E-state index is 12.7. The number of anilines is 1. The Morgan fingerprint density at radius 2 is 1.81 bits per heavy atom. The van der Waals surface area contributed by atoms with E-state index in [0.29, 0.717) is 17.3 Å². The number of hydrogen-bond acceptors (Lipinski definition) is 7. The number of amides is 1. The van der Waals surface area contributed by atoms with Crippen molar-refractivity contribution in [3.63, 3.8) is 0 Å². The third-order valence-corrected chi connectivity index (χ3v) is 5.22. The minimum atomic E-state index is -0.567. The van der Waals surface area contributed by atoms with Crippen LogP contribution in [0.5, 0.6) is 17.2 Å². The zero-order valence-corrected chi connectivity index (χ0v) is 20.1. The van der Waals surface area contributed by atoms with Gasteiger partial charge in [-0.05, 0) is 47.4 Å². The van der Waals surface area contributed by atoms with E-state index in [1.54, 1.807) is 24.4 Å². The standard InChI is InChI=1S/C27H25N3O6/c1-27(2,3)18-6-8-21(9-7-18)34-17-23-10-11-25(36-23)26(31)29-19-13-20(30(32)33)15-24(14-19)35-22-5-4-12-28-16-22/h4-16H,17H2,1-3H3,(H,29,31). The molecule has 0 radical (unpaired) electrons. The first-order valence-electron chi connectivity index (χ1n) is 11.2. The Bertz CT molecular complexity index is 1360. The average molecular weight is 488 g/mol. The van der Waals surface area contributed by atoms with Gasteiger partial charge in [-0.1, -0.05) is 32.9 Å².